The van der Waals surface area contributed by atoms with E-state index in [4.69, 9.17) is 11.6 Å². The van der Waals surface area contributed by atoms with E-state index < -0.39 is 64.2 Å². The molecule has 0 spiro atoms. The molecule has 45 heavy (non-hydrogen) atoms. The number of aryl methyl sites for hydroxylation is 1. The Hall–Kier alpha value is -4.37. The van der Waals surface area contributed by atoms with Crippen molar-refractivity contribution < 1.29 is 33.1 Å². The van der Waals surface area contributed by atoms with Gasteiger partial charge in [0.25, 0.3) is 0 Å². The van der Waals surface area contributed by atoms with E-state index >= 15 is 0 Å². The molecular formula is C35H29ClF2N2O5. The quantitative estimate of drug-likeness (QED) is 0.269. The summed E-state index contributed by atoms with van der Waals surface area (Å²) in [5.74, 6) is -7.79. The van der Waals surface area contributed by atoms with E-state index in [1.807, 2.05) is 25.1 Å². The first kappa shape index (κ1) is 29.3. The molecule has 1 N–H and O–H groups in total. The number of halogens is 3. The molecule has 2 heterocycles. The molecule has 3 fully saturated rings. The predicted molar refractivity (Wildman–Crippen MR) is 162 cm³/mol. The van der Waals surface area contributed by atoms with Crippen LogP contribution in [-0.4, -0.2) is 28.7 Å². The van der Waals surface area contributed by atoms with Gasteiger partial charge >= 0.3 is 0 Å². The average Bonchev–Trinajstić information content (AvgIpc) is 3.39. The predicted octanol–water partition coefficient (Wildman–Crippen LogP) is 6.32. The summed E-state index contributed by atoms with van der Waals surface area (Å²) in [6.45, 7) is 3.67. The van der Waals surface area contributed by atoms with Crippen LogP contribution in [0.2, 0.25) is 5.02 Å². The van der Waals surface area contributed by atoms with Crippen molar-refractivity contribution >= 4 is 46.6 Å². The second-order valence-corrected chi connectivity index (χ2v) is 12.9. The van der Waals surface area contributed by atoms with Crippen LogP contribution in [0.15, 0.2) is 72.3 Å². The van der Waals surface area contributed by atoms with Gasteiger partial charge in [0, 0.05) is 5.92 Å². The number of carbonyl (C=O) groups excluding carboxylic acids is 4. The number of allylic oxidation sites excluding steroid dienone is 2. The van der Waals surface area contributed by atoms with E-state index in [0.29, 0.717) is 16.8 Å². The molecule has 4 aliphatic rings. The van der Waals surface area contributed by atoms with Crippen molar-refractivity contribution in [2.45, 2.75) is 39.0 Å². The van der Waals surface area contributed by atoms with Gasteiger partial charge in [-0.3, -0.25) is 24.1 Å². The molecular weight excluding hydrogens is 602 g/mol. The molecule has 0 radical (unpaired) electrons. The van der Waals surface area contributed by atoms with Crippen LogP contribution >= 0.6 is 11.6 Å². The standard InChI is InChI=1S/C35H29ClF2N2O5/c1-3-17-4-7-19(8-5-17)39-31(42)22-11-10-21-23(29(22)33(39)44)16-24-32(43)40(20-9-12-26(37)25(36)15-20)34(45)35(24,2)30(21)18-6-13-28(41)27(38)14-18/h4-10,12-15,22-24,29-30,41H,3,11,16H2,1-2H3. The minimum absolute atomic E-state index is 0.103. The number of phenols is 1. The Morgan fingerprint density at radius 3 is 2.24 bits per heavy atom. The Morgan fingerprint density at radius 2 is 1.58 bits per heavy atom. The van der Waals surface area contributed by atoms with Crippen LogP contribution < -0.4 is 9.80 Å². The number of hydrogen-bond acceptors (Lipinski definition) is 5. The molecule has 0 aromatic heterocycles. The molecule has 6 unspecified atom stereocenters. The summed E-state index contributed by atoms with van der Waals surface area (Å²) in [4.78, 5) is 58.7. The van der Waals surface area contributed by atoms with Gasteiger partial charge in [-0.1, -0.05) is 48.4 Å². The van der Waals surface area contributed by atoms with E-state index in [1.165, 1.54) is 29.2 Å². The SMILES string of the molecule is CCc1ccc(N2C(=O)C3CC=C4C(CC5C(=O)N(c6ccc(F)c(Cl)c6)C(=O)C5(C)C4c4ccc(O)c(F)c4)C3C2=O)cc1. The first-order valence-electron chi connectivity index (χ1n) is 15.0. The Labute approximate surface area is 263 Å². The van der Waals surface area contributed by atoms with Gasteiger partial charge in [-0.25, -0.2) is 13.7 Å². The van der Waals surface area contributed by atoms with Gasteiger partial charge < -0.3 is 5.11 Å². The Morgan fingerprint density at radius 1 is 0.867 bits per heavy atom. The zero-order valence-corrected chi connectivity index (χ0v) is 25.2. The molecule has 6 atom stereocenters. The summed E-state index contributed by atoms with van der Waals surface area (Å²) in [7, 11) is 0. The number of phenolic OH excluding ortho intramolecular Hbond substituents is 1. The maximum absolute atomic E-state index is 14.9. The maximum Gasteiger partial charge on any atom is 0.241 e. The van der Waals surface area contributed by atoms with Crippen LogP contribution in [0.25, 0.3) is 0 Å². The number of benzene rings is 3. The fraction of sp³-hybridized carbons (Fsp3) is 0.314. The number of amides is 4. The van der Waals surface area contributed by atoms with Crippen LogP contribution in [0.4, 0.5) is 20.2 Å². The van der Waals surface area contributed by atoms with Gasteiger partial charge in [0.05, 0.1) is 39.6 Å². The van der Waals surface area contributed by atoms with Crippen molar-refractivity contribution in [2.75, 3.05) is 9.80 Å². The number of nitrogens with zero attached hydrogens (tertiary/aromatic N) is 2. The third-order valence-corrected chi connectivity index (χ3v) is 10.6. The van der Waals surface area contributed by atoms with Crippen LogP contribution in [-0.2, 0) is 25.6 Å². The molecule has 2 aliphatic carbocycles. The van der Waals surface area contributed by atoms with E-state index in [-0.39, 0.29) is 35.4 Å². The first-order chi connectivity index (χ1) is 21.5. The number of carbonyl (C=O) groups is 4. The summed E-state index contributed by atoms with van der Waals surface area (Å²) in [5, 5.41) is 9.71. The van der Waals surface area contributed by atoms with Crippen molar-refractivity contribution in [3.8, 4) is 5.75 Å². The van der Waals surface area contributed by atoms with Gasteiger partial charge in [-0.2, -0.15) is 0 Å². The monoisotopic (exact) mass is 630 g/mol. The lowest BCUT2D eigenvalue weighted by molar-refractivity contribution is -0.131. The van der Waals surface area contributed by atoms with Crippen LogP contribution in [0.5, 0.6) is 5.75 Å². The molecule has 230 valence electrons. The molecule has 3 aromatic rings. The fourth-order valence-electron chi connectivity index (χ4n) is 8.10. The van der Waals surface area contributed by atoms with E-state index in [1.54, 1.807) is 19.1 Å². The second-order valence-electron chi connectivity index (χ2n) is 12.5. The lowest BCUT2D eigenvalue weighted by Gasteiger charge is -2.49. The fourth-order valence-corrected chi connectivity index (χ4v) is 8.28. The lowest BCUT2D eigenvalue weighted by atomic mass is 9.51. The number of aromatic hydroxyl groups is 1. The molecule has 7 rings (SSSR count). The van der Waals surface area contributed by atoms with Gasteiger partial charge in [-0.05, 0) is 85.7 Å². The third kappa shape index (κ3) is 4.13. The summed E-state index contributed by atoms with van der Waals surface area (Å²) in [5.41, 5.74) is 1.26. The second kappa shape index (κ2) is 10.3. The molecule has 7 nitrogen and oxygen atoms in total. The van der Waals surface area contributed by atoms with Crippen LogP contribution in [0, 0.1) is 40.7 Å². The van der Waals surface area contributed by atoms with Crippen molar-refractivity contribution in [3.05, 3.63) is 100 Å². The first-order valence-corrected chi connectivity index (χ1v) is 15.3. The molecule has 4 amide bonds. The highest BCUT2D eigenvalue weighted by Crippen LogP contribution is 2.63. The lowest BCUT2D eigenvalue weighted by Crippen LogP contribution is -2.48. The van der Waals surface area contributed by atoms with Crippen molar-refractivity contribution in [2.24, 2.45) is 29.1 Å². The number of anilines is 2. The van der Waals surface area contributed by atoms with Gasteiger partial charge in [-0.15, -0.1) is 0 Å². The van der Waals surface area contributed by atoms with Crippen molar-refractivity contribution in [1.29, 1.82) is 0 Å². The highest BCUT2D eigenvalue weighted by atomic mass is 35.5. The molecule has 2 aliphatic heterocycles. The largest absolute Gasteiger partial charge is 0.505 e. The number of rotatable bonds is 4. The van der Waals surface area contributed by atoms with E-state index in [2.05, 4.69) is 0 Å². The highest BCUT2D eigenvalue weighted by Gasteiger charge is 2.67. The van der Waals surface area contributed by atoms with E-state index in [9.17, 15) is 33.1 Å². The van der Waals surface area contributed by atoms with E-state index in [0.717, 1.165) is 29.0 Å². The smallest absolute Gasteiger partial charge is 0.241 e. The Kier molecular flexibility index (Phi) is 6.74. The third-order valence-electron chi connectivity index (χ3n) is 10.3. The summed E-state index contributed by atoms with van der Waals surface area (Å²) in [6.07, 6.45) is 3.02. The minimum atomic E-state index is -1.42. The normalized spacial score (nSPS) is 29.1. The zero-order chi connectivity index (χ0) is 31.9. The molecule has 0 bridgehead atoms. The Bertz CT molecular complexity index is 1840. The molecule has 3 aromatic carbocycles. The summed E-state index contributed by atoms with van der Waals surface area (Å²) in [6, 6.07) is 14.7. The molecule has 2 saturated heterocycles. The van der Waals surface area contributed by atoms with Crippen LogP contribution in [0.1, 0.15) is 43.7 Å². The highest BCUT2D eigenvalue weighted by molar-refractivity contribution is 6.32. The topological polar surface area (TPSA) is 95.0 Å². The van der Waals surface area contributed by atoms with Crippen molar-refractivity contribution in [1.82, 2.24) is 0 Å². The van der Waals surface area contributed by atoms with Gasteiger partial charge in [0.2, 0.25) is 23.6 Å². The molecule has 10 heteroatoms. The summed E-state index contributed by atoms with van der Waals surface area (Å²) >= 11 is 6.03. The van der Waals surface area contributed by atoms with Crippen LogP contribution in [0.3, 0.4) is 0 Å². The zero-order valence-electron chi connectivity index (χ0n) is 24.5. The Balaban J connectivity index is 1.35. The number of imide groups is 2. The minimum Gasteiger partial charge on any atom is -0.505 e. The number of fused-ring (bicyclic) bond motifs is 4. The molecule has 1 saturated carbocycles. The van der Waals surface area contributed by atoms with Crippen molar-refractivity contribution in [3.63, 3.8) is 0 Å². The van der Waals surface area contributed by atoms with Gasteiger partial charge in [0.15, 0.2) is 11.6 Å². The average molecular weight is 631 g/mol. The summed E-state index contributed by atoms with van der Waals surface area (Å²) < 4.78 is 28.9. The maximum atomic E-state index is 14.9. The van der Waals surface area contributed by atoms with Gasteiger partial charge in [0.1, 0.15) is 5.82 Å². The number of hydrogen-bond donors (Lipinski definition) is 1.